The summed E-state index contributed by atoms with van der Waals surface area (Å²) in [6.07, 6.45) is 3.44. The van der Waals surface area contributed by atoms with Gasteiger partial charge in [-0.1, -0.05) is 20.3 Å². The highest BCUT2D eigenvalue weighted by molar-refractivity contribution is 7.99. The Labute approximate surface area is 105 Å². The van der Waals surface area contributed by atoms with Crippen molar-refractivity contribution in [3.63, 3.8) is 0 Å². The lowest BCUT2D eigenvalue weighted by atomic mass is 9.97. The van der Waals surface area contributed by atoms with Gasteiger partial charge >= 0.3 is 0 Å². The van der Waals surface area contributed by atoms with E-state index in [2.05, 4.69) is 39.1 Å². The molecule has 0 amide bonds. The minimum Gasteiger partial charge on any atom is -0.297 e. The predicted octanol–water partition coefficient (Wildman–Crippen LogP) is 3.58. The van der Waals surface area contributed by atoms with Gasteiger partial charge in [0.25, 0.3) is 0 Å². The summed E-state index contributed by atoms with van der Waals surface area (Å²) in [5, 5.41) is 13.1. The zero-order valence-corrected chi connectivity index (χ0v) is 12.2. The van der Waals surface area contributed by atoms with E-state index in [0.29, 0.717) is 11.3 Å². The van der Waals surface area contributed by atoms with E-state index in [1.165, 1.54) is 18.6 Å². The van der Waals surface area contributed by atoms with Crippen LogP contribution < -0.4 is 5.32 Å². The van der Waals surface area contributed by atoms with Crippen molar-refractivity contribution in [2.75, 3.05) is 5.75 Å². The summed E-state index contributed by atoms with van der Waals surface area (Å²) in [6.45, 7) is 10.6. The van der Waals surface area contributed by atoms with E-state index in [0.717, 1.165) is 6.42 Å². The Morgan fingerprint density at radius 2 is 2.00 bits per heavy atom. The van der Waals surface area contributed by atoms with Gasteiger partial charge in [0, 0.05) is 11.3 Å². The average molecular weight is 242 g/mol. The monoisotopic (exact) mass is 242 g/mol. The Morgan fingerprint density at radius 1 is 1.38 bits per heavy atom. The van der Waals surface area contributed by atoms with Crippen molar-refractivity contribution in [3.8, 4) is 6.07 Å². The highest BCUT2D eigenvalue weighted by Crippen LogP contribution is 2.22. The summed E-state index contributed by atoms with van der Waals surface area (Å²) in [5.41, 5.74) is -0.382. The second kappa shape index (κ2) is 7.97. The maximum absolute atomic E-state index is 9.23. The third-order valence-electron chi connectivity index (χ3n) is 2.45. The van der Waals surface area contributed by atoms with E-state index in [9.17, 15) is 5.26 Å². The van der Waals surface area contributed by atoms with Crippen LogP contribution in [0.4, 0.5) is 0 Å². The first kappa shape index (κ1) is 15.8. The minimum absolute atomic E-state index is 0.359. The minimum atomic E-state index is -0.382. The fourth-order valence-electron chi connectivity index (χ4n) is 1.84. The standard InChI is InChI=1S/C13H26N2S/c1-6-7-8-16-12(4)9-13(5,10-14)15-11(2)3/h11-12,15H,6-9H2,1-5H3. The van der Waals surface area contributed by atoms with Gasteiger partial charge in [-0.3, -0.25) is 5.32 Å². The first-order valence-electron chi connectivity index (χ1n) is 6.24. The normalized spacial score (nSPS) is 16.8. The second-order valence-corrected chi connectivity index (χ2v) is 6.53. The number of thioether (sulfide) groups is 1. The Hall–Kier alpha value is -0.200. The molecule has 0 radical (unpaired) electrons. The third kappa shape index (κ3) is 7.14. The molecule has 0 aromatic rings. The van der Waals surface area contributed by atoms with E-state index in [-0.39, 0.29) is 5.54 Å². The van der Waals surface area contributed by atoms with Crippen molar-refractivity contribution in [3.05, 3.63) is 0 Å². The van der Waals surface area contributed by atoms with Crippen molar-refractivity contribution in [2.45, 2.75) is 70.7 Å². The first-order chi connectivity index (χ1) is 7.43. The van der Waals surface area contributed by atoms with Gasteiger partial charge in [0.2, 0.25) is 0 Å². The zero-order valence-electron chi connectivity index (χ0n) is 11.3. The van der Waals surface area contributed by atoms with Crippen LogP contribution >= 0.6 is 11.8 Å². The molecule has 0 saturated carbocycles. The van der Waals surface area contributed by atoms with E-state index in [1.54, 1.807) is 0 Å². The number of hydrogen-bond acceptors (Lipinski definition) is 3. The van der Waals surface area contributed by atoms with Gasteiger partial charge < -0.3 is 0 Å². The van der Waals surface area contributed by atoms with Crippen LogP contribution in [0, 0.1) is 11.3 Å². The van der Waals surface area contributed by atoms with E-state index in [4.69, 9.17) is 0 Å². The quantitative estimate of drug-likeness (QED) is 0.661. The summed E-state index contributed by atoms with van der Waals surface area (Å²) >= 11 is 1.98. The SMILES string of the molecule is CCCCSC(C)CC(C)(C#N)NC(C)C. The molecule has 0 spiro atoms. The molecular weight excluding hydrogens is 216 g/mol. The molecule has 94 valence electrons. The molecule has 2 atom stereocenters. The smallest absolute Gasteiger partial charge is 0.105 e. The molecule has 0 heterocycles. The number of nitriles is 1. The van der Waals surface area contributed by atoms with E-state index < -0.39 is 0 Å². The summed E-state index contributed by atoms with van der Waals surface area (Å²) in [4.78, 5) is 0. The van der Waals surface area contributed by atoms with Gasteiger partial charge in [0.05, 0.1) is 6.07 Å². The number of nitrogens with zero attached hydrogens (tertiary/aromatic N) is 1. The lowest BCUT2D eigenvalue weighted by Gasteiger charge is -2.28. The van der Waals surface area contributed by atoms with Gasteiger partial charge in [-0.25, -0.2) is 0 Å². The number of unbranched alkanes of at least 4 members (excludes halogenated alkanes) is 1. The second-order valence-electron chi connectivity index (χ2n) is 4.98. The third-order valence-corrected chi connectivity index (χ3v) is 3.71. The van der Waals surface area contributed by atoms with Gasteiger partial charge in [-0.15, -0.1) is 0 Å². The Kier molecular flexibility index (Phi) is 7.87. The summed E-state index contributed by atoms with van der Waals surface area (Å²) in [5.74, 6) is 1.21. The fourth-order valence-corrected chi connectivity index (χ4v) is 3.15. The largest absolute Gasteiger partial charge is 0.297 e. The summed E-state index contributed by atoms with van der Waals surface area (Å²) in [6, 6.07) is 2.77. The summed E-state index contributed by atoms with van der Waals surface area (Å²) < 4.78 is 0. The Bertz CT molecular complexity index is 222. The maximum atomic E-state index is 9.23. The van der Waals surface area contributed by atoms with Crippen LogP contribution in [-0.4, -0.2) is 22.6 Å². The molecule has 0 rings (SSSR count). The molecule has 1 N–H and O–H groups in total. The summed E-state index contributed by atoms with van der Waals surface area (Å²) in [7, 11) is 0. The molecule has 16 heavy (non-hydrogen) atoms. The zero-order chi connectivity index (χ0) is 12.6. The van der Waals surface area contributed by atoms with Crippen LogP contribution in [0.15, 0.2) is 0 Å². The van der Waals surface area contributed by atoms with Crippen LogP contribution in [0.5, 0.6) is 0 Å². The van der Waals surface area contributed by atoms with Crippen molar-refractivity contribution in [1.82, 2.24) is 5.32 Å². The Balaban J connectivity index is 4.05. The maximum Gasteiger partial charge on any atom is 0.105 e. The molecule has 0 saturated heterocycles. The predicted molar refractivity (Wildman–Crippen MR) is 73.7 cm³/mol. The Morgan fingerprint density at radius 3 is 2.44 bits per heavy atom. The molecule has 2 nitrogen and oxygen atoms in total. The molecule has 0 aromatic heterocycles. The van der Waals surface area contributed by atoms with Crippen LogP contribution in [0.2, 0.25) is 0 Å². The molecule has 0 aromatic carbocycles. The van der Waals surface area contributed by atoms with Crippen molar-refractivity contribution >= 4 is 11.8 Å². The van der Waals surface area contributed by atoms with Crippen LogP contribution in [0.3, 0.4) is 0 Å². The van der Waals surface area contributed by atoms with E-state index >= 15 is 0 Å². The van der Waals surface area contributed by atoms with Gasteiger partial charge in [0.15, 0.2) is 0 Å². The van der Waals surface area contributed by atoms with Crippen LogP contribution in [-0.2, 0) is 0 Å². The van der Waals surface area contributed by atoms with Gasteiger partial charge in [-0.05, 0) is 39.4 Å². The molecule has 0 aliphatic rings. The molecule has 2 unspecified atom stereocenters. The average Bonchev–Trinajstić information content (AvgIpc) is 2.16. The fraction of sp³-hybridized carbons (Fsp3) is 0.923. The molecular formula is C13H26N2S. The van der Waals surface area contributed by atoms with Crippen LogP contribution in [0.1, 0.15) is 53.9 Å². The number of hydrogen-bond donors (Lipinski definition) is 1. The lowest BCUT2D eigenvalue weighted by molar-refractivity contribution is 0.382. The van der Waals surface area contributed by atoms with E-state index in [1.807, 2.05) is 18.7 Å². The molecule has 3 heteroatoms. The first-order valence-corrected chi connectivity index (χ1v) is 7.29. The van der Waals surface area contributed by atoms with Crippen molar-refractivity contribution < 1.29 is 0 Å². The highest BCUT2D eigenvalue weighted by atomic mass is 32.2. The molecule has 0 aliphatic carbocycles. The van der Waals surface area contributed by atoms with Crippen molar-refractivity contribution in [2.24, 2.45) is 0 Å². The topological polar surface area (TPSA) is 35.8 Å². The molecule has 0 aliphatic heterocycles. The molecule has 0 bridgehead atoms. The van der Waals surface area contributed by atoms with Crippen LogP contribution in [0.25, 0.3) is 0 Å². The number of rotatable bonds is 8. The van der Waals surface area contributed by atoms with Crippen molar-refractivity contribution in [1.29, 1.82) is 5.26 Å². The van der Waals surface area contributed by atoms with Gasteiger partial charge in [0.1, 0.15) is 5.54 Å². The van der Waals surface area contributed by atoms with Gasteiger partial charge in [-0.2, -0.15) is 17.0 Å². The molecule has 0 fully saturated rings. The lowest BCUT2D eigenvalue weighted by Crippen LogP contribution is -2.46. The highest BCUT2D eigenvalue weighted by Gasteiger charge is 2.26. The number of nitrogens with one attached hydrogen (secondary N) is 1.